The van der Waals surface area contributed by atoms with Crippen molar-refractivity contribution >= 4 is 12.0 Å². The number of rotatable bonds is 6. The van der Waals surface area contributed by atoms with E-state index in [-0.39, 0.29) is 6.01 Å². The first-order valence-electron chi connectivity index (χ1n) is 6.50. The lowest BCUT2D eigenvalue weighted by atomic mass is 10.1. The number of aromatic nitrogens is 2. The van der Waals surface area contributed by atoms with Crippen LogP contribution in [0.4, 0.5) is 6.01 Å². The van der Waals surface area contributed by atoms with Crippen LogP contribution in [0.3, 0.4) is 0 Å². The summed E-state index contributed by atoms with van der Waals surface area (Å²) in [5, 5.41) is 15.7. The Labute approximate surface area is 116 Å². The van der Waals surface area contributed by atoms with Gasteiger partial charge < -0.3 is 14.9 Å². The Morgan fingerprint density at radius 1 is 1.40 bits per heavy atom. The first kappa shape index (κ1) is 14.0. The van der Waals surface area contributed by atoms with Gasteiger partial charge in [-0.15, -0.1) is 0 Å². The number of carbonyl (C=O) groups is 1. The van der Waals surface area contributed by atoms with Crippen molar-refractivity contribution in [2.24, 2.45) is 0 Å². The molecule has 1 heterocycles. The summed E-state index contributed by atoms with van der Waals surface area (Å²) < 4.78 is 5.04. The third-order valence-corrected chi connectivity index (χ3v) is 2.91. The van der Waals surface area contributed by atoms with Crippen LogP contribution in [0.5, 0.6) is 0 Å². The molecule has 0 aliphatic rings. The van der Waals surface area contributed by atoms with Gasteiger partial charge in [-0.25, -0.2) is 4.79 Å². The minimum Gasteiger partial charge on any atom is -0.480 e. The Hall–Kier alpha value is -2.37. The number of hydrogen-bond acceptors (Lipinski definition) is 5. The van der Waals surface area contributed by atoms with Gasteiger partial charge in [0, 0.05) is 5.56 Å². The molecule has 106 valence electrons. The number of nitrogens with one attached hydrogen (secondary N) is 1. The molecule has 6 heteroatoms. The molecule has 0 fully saturated rings. The molecule has 2 rings (SSSR count). The maximum absolute atomic E-state index is 11.1. The van der Waals surface area contributed by atoms with Gasteiger partial charge in [0.25, 0.3) is 0 Å². The maximum atomic E-state index is 11.1. The Morgan fingerprint density at radius 2 is 2.10 bits per heavy atom. The zero-order chi connectivity index (χ0) is 14.5. The molecular weight excluding hydrogens is 258 g/mol. The van der Waals surface area contributed by atoms with Crippen molar-refractivity contribution in [2.45, 2.75) is 32.7 Å². The second kappa shape index (κ2) is 6.18. The van der Waals surface area contributed by atoms with Gasteiger partial charge >= 0.3 is 12.0 Å². The summed E-state index contributed by atoms with van der Waals surface area (Å²) in [6, 6.07) is 7.11. The molecule has 20 heavy (non-hydrogen) atoms. The van der Waals surface area contributed by atoms with Crippen molar-refractivity contribution in [3.05, 3.63) is 29.8 Å². The smallest absolute Gasteiger partial charge is 0.326 e. The molecule has 6 nitrogen and oxygen atoms in total. The molecule has 1 aromatic carbocycles. The highest BCUT2D eigenvalue weighted by molar-refractivity contribution is 5.76. The van der Waals surface area contributed by atoms with Crippen LogP contribution in [0.2, 0.25) is 0 Å². The van der Waals surface area contributed by atoms with Crippen molar-refractivity contribution in [3.8, 4) is 11.4 Å². The standard InChI is InChI=1S/C14H17N3O3/c1-3-4-11(13(18)19)15-14-16-12(17-20-14)10-7-5-9(2)6-8-10/h5-8,11H,3-4H2,1-2H3,(H,18,19)(H,15,16,17). The van der Waals surface area contributed by atoms with Crippen LogP contribution in [-0.4, -0.2) is 27.3 Å². The topological polar surface area (TPSA) is 88.3 Å². The summed E-state index contributed by atoms with van der Waals surface area (Å²) in [5.41, 5.74) is 1.97. The minimum absolute atomic E-state index is 0.126. The van der Waals surface area contributed by atoms with Gasteiger partial charge in [0.15, 0.2) is 0 Å². The first-order chi connectivity index (χ1) is 9.60. The highest BCUT2D eigenvalue weighted by Crippen LogP contribution is 2.18. The largest absolute Gasteiger partial charge is 0.480 e. The molecule has 1 unspecified atom stereocenters. The Kier molecular flexibility index (Phi) is 4.34. The minimum atomic E-state index is -0.929. The van der Waals surface area contributed by atoms with E-state index in [1.54, 1.807) is 0 Å². The van der Waals surface area contributed by atoms with Gasteiger partial charge in [0.05, 0.1) is 0 Å². The number of hydrogen-bond donors (Lipinski definition) is 2. The quantitative estimate of drug-likeness (QED) is 0.842. The summed E-state index contributed by atoms with van der Waals surface area (Å²) >= 11 is 0. The van der Waals surface area contributed by atoms with Crippen molar-refractivity contribution < 1.29 is 14.4 Å². The first-order valence-corrected chi connectivity index (χ1v) is 6.50. The van der Waals surface area contributed by atoms with E-state index >= 15 is 0 Å². The molecule has 0 amide bonds. The van der Waals surface area contributed by atoms with Crippen LogP contribution in [0.15, 0.2) is 28.8 Å². The van der Waals surface area contributed by atoms with Crippen molar-refractivity contribution in [1.29, 1.82) is 0 Å². The maximum Gasteiger partial charge on any atom is 0.326 e. The lowest BCUT2D eigenvalue weighted by Gasteiger charge is -2.10. The van der Waals surface area contributed by atoms with Crippen LogP contribution in [0, 0.1) is 6.92 Å². The molecule has 0 bridgehead atoms. The summed E-state index contributed by atoms with van der Waals surface area (Å²) in [5.74, 6) is -0.491. The van der Waals surface area contributed by atoms with E-state index in [1.807, 2.05) is 38.1 Å². The predicted octanol–water partition coefficient (Wildman–Crippen LogP) is 2.71. The molecule has 0 spiro atoms. The number of carboxylic acids is 1. The van der Waals surface area contributed by atoms with Crippen LogP contribution in [0.25, 0.3) is 11.4 Å². The number of aliphatic carboxylic acids is 1. The molecule has 0 radical (unpaired) electrons. The SMILES string of the molecule is CCCC(Nc1nc(-c2ccc(C)cc2)no1)C(=O)O. The lowest BCUT2D eigenvalue weighted by molar-refractivity contribution is -0.138. The van der Waals surface area contributed by atoms with Crippen molar-refractivity contribution in [3.63, 3.8) is 0 Å². The monoisotopic (exact) mass is 275 g/mol. The van der Waals surface area contributed by atoms with E-state index in [0.29, 0.717) is 12.2 Å². The van der Waals surface area contributed by atoms with Gasteiger partial charge in [-0.05, 0) is 13.3 Å². The molecule has 1 aromatic heterocycles. The summed E-state index contributed by atoms with van der Waals surface area (Å²) in [4.78, 5) is 15.2. The number of aryl methyl sites for hydroxylation is 1. The van der Waals surface area contributed by atoms with Gasteiger partial charge in [0.1, 0.15) is 6.04 Å². The number of benzene rings is 1. The molecular formula is C14H17N3O3. The summed E-state index contributed by atoms with van der Waals surface area (Å²) in [6.45, 7) is 3.92. The normalized spacial score (nSPS) is 12.1. The van der Waals surface area contributed by atoms with Crippen LogP contribution < -0.4 is 5.32 Å². The molecule has 1 atom stereocenters. The highest BCUT2D eigenvalue weighted by Gasteiger charge is 2.19. The number of nitrogens with zero attached hydrogens (tertiary/aromatic N) is 2. The van der Waals surface area contributed by atoms with Gasteiger partial charge in [-0.1, -0.05) is 48.3 Å². The second-order valence-corrected chi connectivity index (χ2v) is 4.61. The van der Waals surface area contributed by atoms with Gasteiger partial charge in [-0.3, -0.25) is 0 Å². The van der Waals surface area contributed by atoms with E-state index in [4.69, 9.17) is 9.63 Å². The molecule has 2 aromatic rings. The molecule has 0 aliphatic carbocycles. The number of anilines is 1. The molecule has 0 saturated carbocycles. The Balaban J connectivity index is 2.12. The Bertz CT molecular complexity index is 578. The van der Waals surface area contributed by atoms with Crippen LogP contribution in [0.1, 0.15) is 25.3 Å². The van der Waals surface area contributed by atoms with E-state index in [1.165, 1.54) is 0 Å². The predicted molar refractivity (Wildman–Crippen MR) is 74.4 cm³/mol. The van der Waals surface area contributed by atoms with Crippen molar-refractivity contribution in [2.75, 3.05) is 5.32 Å². The average molecular weight is 275 g/mol. The fourth-order valence-electron chi connectivity index (χ4n) is 1.80. The third-order valence-electron chi connectivity index (χ3n) is 2.91. The number of carboxylic acid groups (broad SMARTS) is 1. The molecule has 0 saturated heterocycles. The van der Waals surface area contributed by atoms with Crippen LogP contribution in [-0.2, 0) is 4.79 Å². The van der Waals surface area contributed by atoms with Crippen LogP contribution >= 0.6 is 0 Å². The van der Waals surface area contributed by atoms with E-state index in [9.17, 15) is 4.79 Å². The third kappa shape index (κ3) is 3.34. The fraction of sp³-hybridized carbons (Fsp3) is 0.357. The lowest BCUT2D eigenvalue weighted by Crippen LogP contribution is -2.29. The molecule has 0 aliphatic heterocycles. The summed E-state index contributed by atoms with van der Waals surface area (Å²) in [7, 11) is 0. The van der Waals surface area contributed by atoms with E-state index in [2.05, 4.69) is 15.5 Å². The van der Waals surface area contributed by atoms with Gasteiger partial charge in [-0.2, -0.15) is 4.98 Å². The zero-order valence-electron chi connectivity index (χ0n) is 11.5. The highest BCUT2D eigenvalue weighted by atomic mass is 16.5. The zero-order valence-corrected chi connectivity index (χ0v) is 11.5. The van der Waals surface area contributed by atoms with E-state index < -0.39 is 12.0 Å². The second-order valence-electron chi connectivity index (χ2n) is 4.61. The fourth-order valence-corrected chi connectivity index (χ4v) is 1.80. The Morgan fingerprint density at radius 3 is 2.70 bits per heavy atom. The van der Waals surface area contributed by atoms with Gasteiger partial charge in [0.2, 0.25) is 5.82 Å². The molecule has 2 N–H and O–H groups in total. The van der Waals surface area contributed by atoms with Crippen molar-refractivity contribution in [1.82, 2.24) is 10.1 Å². The average Bonchev–Trinajstić information content (AvgIpc) is 2.87. The van der Waals surface area contributed by atoms with E-state index in [0.717, 1.165) is 17.5 Å². The summed E-state index contributed by atoms with van der Waals surface area (Å²) in [6.07, 6.45) is 1.25.